The largest absolute Gasteiger partial charge is 0.357 e. The first-order valence-electron chi connectivity index (χ1n) is 8.60. The summed E-state index contributed by atoms with van der Waals surface area (Å²) < 4.78 is 0. The first-order chi connectivity index (χ1) is 10.3. The van der Waals surface area contributed by atoms with Gasteiger partial charge in [-0.3, -0.25) is 4.99 Å². The van der Waals surface area contributed by atoms with Crippen LogP contribution in [0.1, 0.15) is 39.0 Å². The van der Waals surface area contributed by atoms with E-state index < -0.39 is 0 Å². The number of hydrogen-bond donors (Lipinski definition) is 2. The van der Waals surface area contributed by atoms with Crippen molar-refractivity contribution in [2.45, 2.75) is 44.3 Å². The van der Waals surface area contributed by atoms with Gasteiger partial charge in [-0.1, -0.05) is 0 Å². The standard InChI is InChI=1S/C16H32N4S/c1-3-17-16(19-13-15-5-4-12-21-15)18-9-6-14-7-10-20(2)11-8-14/h14-15H,3-13H2,1-2H3,(H2,17,18,19). The summed E-state index contributed by atoms with van der Waals surface area (Å²) in [6.45, 7) is 7.62. The van der Waals surface area contributed by atoms with Gasteiger partial charge in [-0.2, -0.15) is 11.8 Å². The highest BCUT2D eigenvalue weighted by Crippen LogP contribution is 2.26. The fourth-order valence-electron chi connectivity index (χ4n) is 3.07. The lowest BCUT2D eigenvalue weighted by atomic mass is 9.94. The summed E-state index contributed by atoms with van der Waals surface area (Å²) >= 11 is 2.08. The molecule has 2 N–H and O–H groups in total. The predicted molar refractivity (Wildman–Crippen MR) is 94.3 cm³/mol. The number of thioether (sulfide) groups is 1. The van der Waals surface area contributed by atoms with E-state index in [-0.39, 0.29) is 0 Å². The number of nitrogens with zero attached hydrogens (tertiary/aromatic N) is 2. The summed E-state index contributed by atoms with van der Waals surface area (Å²) in [5, 5.41) is 7.64. The minimum atomic E-state index is 0.745. The first kappa shape index (κ1) is 16.9. The molecule has 2 rings (SSSR count). The molecule has 0 aromatic rings. The zero-order valence-corrected chi connectivity index (χ0v) is 14.6. The smallest absolute Gasteiger partial charge is 0.191 e. The highest BCUT2D eigenvalue weighted by Gasteiger charge is 2.17. The average molecular weight is 313 g/mol. The third-order valence-corrected chi connectivity index (χ3v) is 5.88. The maximum Gasteiger partial charge on any atom is 0.191 e. The molecule has 0 aliphatic carbocycles. The quantitative estimate of drug-likeness (QED) is 0.582. The maximum atomic E-state index is 4.76. The van der Waals surface area contributed by atoms with E-state index in [1.165, 1.54) is 50.9 Å². The van der Waals surface area contributed by atoms with Crippen LogP contribution in [0.3, 0.4) is 0 Å². The van der Waals surface area contributed by atoms with Crippen molar-refractivity contribution >= 4 is 17.7 Å². The second-order valence-electron chi connectivity index (χ2n) is 6.32. The fourth-order valence-corrected chi connectivity index (χ4v) is 4.25. The van der Waals surface area contributed by atoms with Crippen molar-refractivity contribution in [3.05, 3.63) is 0 Å². The number of likely N-dealkylation sites (tertiary alicyclic amines) is 1. The van der Waals surface area contributed by atoms with Crippen LogP contribution in [0, 0.1) is 5.92 Å². The molecule has 21 heavy (non-hydrogen) atoms. The van der Waals surface area contributed by atoms with E-state index in [0.717, 1.165) is 36.8 Å². The number of rotatable bonds is 6. The molecule has 0 bridgehead atoms. The third kappa shape index (κ3) is 6.47. The summed E-state index contributed by atoms with van der Waals surface area (Å²) in [5.41, 5.74) is 0. The van der Waals surface area contributed by atoms with Crippen molar-refractivity contribution < 1.29 is 0 Å². The van der Waals surface area contributed by atoms with Crippen LogP contribution in [-0.4, -0.2) is 61.6 Å². The lowest BCUT2D eigenvalue weighted by Gasteiger charge is -2.29. The van der Waals surface area contributed by atoms with E-state index in [1.807, 2.05) is 0 Å². The van der Waals surface area contributed by atoms with E-state index >= 15 is 0 Å². The Kier molecular flexibility index (Phi) is 7.72. The van der Waals surface area contributed by atoms with Crippen molar-refractivity contribution in [3.63, 3.8) is 0 Å². The Morgan fingerprint density at radius 3 is 2.71 bits per heavy atom. The highest BCUT2D eigenvalue weighted by molar-refractivity contribution is 8.00. The summed E-state index contributed by atoms with van der Waals surface area (Å²) in [6.07, 6.45) is 6.68. The molecule has 2 heterocycles. The van der Waals surface area contributed by atoms with E-state index in [2.05, 4.69) is 41.3 Å². The number of guanidine groups is 1. The van der Waals surface area contributed by atoms with Gasteiger partial charge in [0.25, 0.3) is 0 Å². The maximum absolute atomic E-state index is 4.76. The Morgan fingerprint density at radius 1 is 1.24 bits per heavy atom. The van der Waals surface area contributed by atoms with E-state index in [4.69, 9.17) is 4.99 Å². The Bertz CT molecular complexity index is 307. The minimum Gasteiger partial charge on any atom is -0.357 e. The molecule has 0 aromatic carbocycles. The summed E-state index contributed by atoms with van der Waals surface area (Å²) in [4.78, 5) is 7.19. The molecule has 2 aliphatic heterocycles. The second kappa shape index (κ2) is 9.57. The Hall–Kier alpha value is -0.420. The molecule has 2 saturated heterocycles. The van der Waals surface area contributed by atoms with Gasteiger partial charge in [0, 0.05) is 18.3 Å². The Labute approximate surface area is 134 Å². The normalized spacial score (nSPS) is 25.2. The first-order valence-corrected chi connectivity index (χ1v) is 9.65. The average Bonchev–Trinajstić information content (AvgIpc) is 3.00. The van der Waals surface area contributed by atoms with Gasteiger partial charge in [0.15, 0.2) is 5.96 Å². The van der Waals surface area contributed by atoms with Crippen LogP contribution < -0.4 is 10.6 Å². The molecule has 1 atom stereocenters. The summed E-state index contributed by atoms with van der Waals surface area (Å²) in [6, 6.07) is 0. The molecule has 0 radical (unpaired) electrons. The number of hydrogen-bond acceptors (Lipinski definition) is 3. The van der Waals surface area contributed by atoms with Crippen molar-refractivity contribution in [1.82, 2.24) is 15.5 Å². The van der Waals surface area contributed by atoms with Gasteiger partial charge in [0.2, 0.25) is 0 Å². The molecule has 1 unspecified atom stereocenters. The summed E-state index contributed by atoms with van der Waals surface area (Å²) in [5.74, 6) is 3.22. The topological polar surface area (TPSA) is 39.7 Å². The lowest BCUT2D eigenvalue weighted by molar-refractivity contribution is 0.213. The fraction of sp³-hybridized carbons (Fsp3) is 0.938. The molecule has 122 valence electrons. The molecular weight excluding hydrogens is 280 g/mol. The number of nitrogens with one attached hydrogen (secondary N) is 2. The van der Waals surface area contributed by atoms with Crippen molar-refractivity contribution in [2.24, 2.45) is 10.9 Å². The zero-order valence-electron chi connectivity index (χ0n) is 13.7. The highest BCUT2D eigenvalue weighted by atomic mass is 32.2. The van der Waals surface area contributed by atoms with Gasteiger partial charge >= 0.3 is 0 Å². The molecule has 5 heteroatoms. The monoisotopic (exact) mass is 312 g/mol. The van der Waals surface area contributed by atoms with Crippen LogP contribution in [0.4, 0.5) is 0 Å². The number of piperidine rings is 1. The van der Waals surface area contributed by atoms with E-state index in [1.54, 1.807) is 0 Å². The van der Waals surface area contributed by atoms with Gasteiger partial charge < -0.3 is 15.5 Å². The van der Waals surface area contributed by atoms with Crippen molar-refractivity contribution in [1.29, 1.82) is 0 Å². The van der Waals surface area contributed by atoms with Gasteiger partial charge in [-0.15, -0.1) is 0 Å². The molecule has 2 fully saturated rings. The van der Waals surface area contributed by atoms with Crippen LogP contribution >= 0.6 is 11.8 Å². The van der Waals surface area contributed by atoms with E-state index in [9.17, 15) is 0 Å². The van der Waals surface area contributed by atoms with E-state index in [0.29, 0.717) is 0 Å². The molecule has 0 amide bonds. The van der Waals surface area contributed by atoms with Crippen LogP contribution in [0.2, 0.25) is 0 Å². The van der Waals surface area contributed by atoms with Gasteiger partial charge in [-0.05, 0) is 70.8 Å². The third-order valence-electron chi connectivity index (χ3n) is 4.50. The van der Waals surface area contributed by atoms with Gasteiger partial charge in [0.05, 0.1) is 6.54 Å². The van der Waals surface area contributed by atoms with Gasteiger partial charge in [0.1, 0.15) is 0 Å². The van der Waals surface area contributed by atoms with Crippen LogP contribution in [0.25, 0.3) is 0 Å². The number of aliphatic imine (C=N–C) groups is 1. The van der Waals surface area contributed by atoms with Crippen LogP contribution in [0.5, 0.6) is 0 Å². The molecule has 0 saturated carbocycles. The zero-order chi connectivity index (χ0) is 14.9. The minimum absolute atomic E-state index is 0.745. The Morgan fingerprint density at radius 2 is 2.05 bits per heavy atom. The second-order valence-corrected chi connectivity index (χ2v) is 7.73. The predicted octanol–water partition coefficient (Wildman–Crippen LogP) is 2.17. The molecule has 4 nitrogen and oxygen atoms in total. The van der Waals surface area contributed by atoms with Crippen LogP contribution in [-0.2, 0) is 0 Å². The molecule has 0 aromatic heterocycles. The lowest BCUT2D eigenvalue weighted by Crippen LogP contribution is -2.39. The Balaban J connectivity index is 1.65. The molecular formula is C16H32N4S. The van der Waals surface area contributed by atoms with Crippen molar-refractivity contribution in [2.75, 3.05) is 45.5 Å². The van der Waals surface area contributed by atoms with Crippen LogP contribution in [0.15, 0.2) is 4.99 Å². The van der Waals surface area contributed by atoms with Crippen molar-refractivity contribution in [3.8, 4) is 0 Å². The summed E-state index contributed by atoms with van der Waals surface area (Å²) in [7, 11) is 2.23. The molecule has 2 aliphatic rings. The molecule has 0 spiro atoms. The van der Waals surface area contributed by atoms with Gasteiger partial charge in [-0.25, -0.2) is 0 Å². The SMILES string of the molecule is CCNC(=NCC1CCCS1)NCCC1CCN(C)CC1.